The molecule has 0 radical (unpaired) electrons. The van der Waals surface area contributed by atoms with Crippen molar-refractivity contribution in [1.29, 1.82) is 0 Å². The Morgan fingerprint density at radius 3 is 2.23 bits per heavy atom. The Labute approximate surface area is 262 Å². The Morgan fingerprint density at radius 2 is 1.52 bits per heavy atom. The van der Waals surface area contributed by atoms with Crippen LogP contribution in [0.15, 0.2) is 0 Å². The molecular formula is C35H56O9. The highest BCUT2D eigenvalue weighted by molar-refractivity contribution is 5.34. The minimum absolute atomic E-state index is 0.0559. The summed E-state index contributed by atoms with van der Waals surface area (Å²) in [6, 6.07) is 0. The summed E-state index contributed by atoms with van der Waals surface area (Å²) in [6.07, 6.45) is 2.00. The van der Waals surface area contributed by atoms with Gasteiger partial charge in [0, 0.05) is 11.3 Å². The monoisotopic (exact) mass is 620 g/mol. The van der Waals surface area contributed by atoms with Crippen LogP contribution in [0.1, 0.15) is 99.8 Å². The van der Waals surface area contributed by atoms with Gasteiger partial charge in [0.05, 0.1) is 24.4 Å². The molecule has 3 heterocycles. The molecule has 250 valence electrons. The third-order valence-corrected chi connectivity index (χ3v) is 15.9. The predicted molar refractivity (Wildman–Crippen MR) is 159 cm³/mol. The molecule has 9 heteroatoms. The molecule has 17 atom stereocenters. The van der Waals surface area contributed by atoms with Crippen molar-refractivity contribution in [2.24, 2.45) is 50.7 Å². The van der Waals surface area contributed by atoms with Gasteiger partial charge in [-0.3, -0.25) is 0 Å². The number of hydrogen-bond donors (Lipinski definition) is 5. The number of aliphatic hydroxyl groups excluding tert-OH is 4. The number of hydrogen-bond acceptors (Lipinski definition) is 9. The Kier molecular flexibility index (Phi) is 6.33. The minimum Gasteiger partial charge on any atom is -0.388 e. The first-order chi connectivity index (χ1) is 20.4. The molecule has 8 aliphatic rings. The molecule has 8 fully saturated rings. The van der Waals surface area contributed by atoms with Crippen molar-refractivity contribution in [1.82, 2.24) is 0 Å². The maximum Gasteiger partial charge on any atom is 0.199 e. The number of ether oxygens (including phenoxy) is 4. The minimum atomic E-state index is -1.28. The first kappa shape index (κ1) is 30.9. The lowest BCUT2D eigenvalue weighted by Crippen LogP contribution is -2.61. The van der Waals surface area contributed by atoms with E-state index in [9.17, 15) is 25.5 Å². The fraction of sp³-hybridized carbons (Fsp3) is 1.00. The fourth-order valence-corrected chi connectivity index (χ4v) is 14.0. The van der Waals surface area contributed by atoms with Crippen LogP contribution in [-0.2, 0) is 18.9 Å². The van der Waals surface area contributed by atoms with Crippen LogP contribution in [0.2, 0.25) is 0 Å². The number of fused-ring (bicyclic) bond motifs is 4. The van der Waals surface area contributed by atoms with Gasteiger partial charge >= 0.3 is 0 Å². The molecule has 3 aliphatic heterocycles. The molecule has 6 unspecified atom stereocenters. The average molecular weight is 621 g/mol. The van der Waals surface area contributed by atoms with E-state index in [1.807, 2.05) is 0 Å². The molecule has 0 aromatic rings. The van der Waals surface area contributed by atoms with E-state index in [-0.39, 0.29) is 51.8 Å². The van der Waals surface area contributed by atoms with Crippen LogP contribution in [0.4, 0.5) is 0 Å². The van der Waals surface area contributed by atoms with Crippen LogP contribution >= 0.6 is 0 Å². The van der Waals surface area contributed by atoms with Gasteiger partial charge in [-0.2, -0.15) is 0 Å². The van der Waals surface area contributed by atoms with E-state index in [2.05, 4.69) is 34.6 Å². The van der Waals surface area contributed by atoms with Gasteiger partial charge in [0.2, 0.25) is 0 Å². The van der Waals surface area contributed by atoms with E-state index in [1.54, 1.807) is 13.8 Å². The summed E-state index contributed by atoms with van der Waals surface area (Å²) in [4.78, 5) is 0. The summed E-state index contributed by atoms with van der Waals surface area (Å²) in [7, 11) is 0. The zero-order valence-corrected chi connectivity index (χ0v) is 27.7. The summed E-state index contributed by atoms with van der Waals surface area (Å²) in [5, 5.41) is 54.5. The molecule has 5 saturated carbocycles. The van der Waals surface area contributed by atoms with Crippen molar-refractivity contribution in [2.45, 2.75) is 160 Å². The molecule has 2 bridgehead atoms. The highest BCUT2D eigenvalue weighted by Crippen LogP contribution is 2.90. The summed E-state index contributed by atoms with van der Waals surface area (Å²) >= 11 is 0. The summed E-state index contributed by atoms with van der Waals surface area (Å²) < 4.78 is 25.8. The van der Waals surface area contributed by atoms with Crippen molar-refractivity contribution in [3.05, 3.63) is 0 Å². The molecule has 0 amide bonds. The molecule has 0 aromatic heterocycles. The van der Waals surface area contributed by atoms with Crippen LogP contribution in [0.5, 0.6) is 0 Å². The second-order valence-electron chi connectivity index (χ2n) is 18.3. The van der Waals surface area contributed by atoms with Crippen molar-refractivity contribution < 1.29 is 44.5 Å². The second kappa shape index (κ2) is 9.00. The number of rotatable bonds is 3. The second-order valence-corrected chi connectivity index (χ2v) is 18.3. The third-order valence-electron chi connectivity index (χ3n) is 15.9. The standard InChI is InChI=1S/C35H56O9/c1-17-14-19-26(30(4,5)40)44-35(43-19)25(17)31(6)12-13-34-16-33(34)11-10-22(42-27-24(38)23(37)18(36)15-41-27)29(2,3)20(33)8-9-21(34)32(31,7)28(35)39/h17-28,36-40H,8-16H2,1-7H3/t17-,18+,19?,20?,21?,22+,23+,24-,25?,26-,27-,28-,31-,32-,33?,34?,35+/m1/s1. The Bertz CT molecular complexity index is 1200. The Morgan fingerprint density at radius 1 is 0.841 bits per heavy atom. The highest BCUT2D eigenvalue weighted by atomic mass is 16.8. The van der Waals surface area contributed by atoms with Gasteiger partial charge in [-0.1, -0.05) is 34.6 Å². The van der Waals surface area contributed by atoms with Crippen molar-refractivity contribution >= 4 is 0 Å². The molecular weight excluding hydrogens is 564 g/mol. The SMILES string of the molecule is C[C@@H]1CC2O[C@]3(O[C@H]2C(C)(C)O)C1[C@@]1(C)CCC24CC25CC[C@H](O[C@H]2OC[C@H](O)[C@H](O)[C@H]2O)C(C)(C)C5CCC4[C@]1(C)[C@H]3O. The molecule has 3 spiro atoms. The predicted octanol–water partition coefficient (Wildman–Crippen LogP) is 3.12. The first-order valence-corrected chi connectivity index (χ1v) is 17.5. The van der Waals surface area contributed by atoms with Gasteiger partial charge in [-0.15, -0.1) is 0 Å². The summed E-state index contributed by atoms with van der Waals surface area (Å²) in [5.41, 5.74) is -1.39. The van der Waals surface area contributed by atoms with Gasteiger partial charge in [-0.05, 0) is 105 Å². The lowest BCUT2D eigenvalue weighted by molar-refractivity contribution is -0.303. The van der Waals surface area contributed by atoms with Gasteiger partial charge in [0.1, 0.15) is 30.5 Å². The lowest BCUT2D eigenvalue weighted by atomic mass is 9.41. The molecule has 3 saturated heterocycles. The average Bonchev–Trinajstić information content (AvgIpc) is 3.45. The quantitative estimate of drug-likeness (QED) is 0.301. The molecule has 5 N–H and O–H groups in total. The topological polar surface area (TPSA) is 138 Å². The van der Waals surface area contributed by atoms with Crippen LogP contribution in [0.25, 0.3) is 0 Å². The third kappa shape index (κ3) is 3.38. The van der Waals surface area contributed by atoms with Crippen molar-refractivity contribution in [2.75, 3.05) is 6.61 Å². The fourth-order valence-electron chi connectivity index (χ4n) is 14.0. The molecule has 0 aromatic carbocycles. The lowest BCUT2D eigenvalue weighted by Gasteiger charge is -2.63. The van der Waals surface area contributed by atoms with E-state index < -0.39 is 48.2 Å². The maximum absolute atomic E-state index is 12.7. The summed E-state index contributed by atoms with van der Waals surface area (Å²) in [5.74, 6) is 0.108. The van der Waals surface area contributed by atoms with Crippen molar-refractivity contribution in [3.8, 4) is 0 Å². The van der Waals surface area contributed by atoms with Gasteiger partial charge < -0.3 is 44.5 Å². The molecule has 8 rings (SSSR count). The Hall–Kier alpha value is -0.360. The van der Waals surface area contributed by atoms with E-state index >= 15 is 0 Å². The highest BCUT2D eigenvalue weighted by Gasteiger charge is 2.88. The normalized spacial score (nSPS) is 62.2. The van der Waals surface area contributed by atoms with Gasteiger partial charge in [0.25, 0.3) is 0 Å². The van der Waals surface area contributed by atoms with E-state index in [0.29, 0.717) is 17.8 Å². The zero-order chi connectivity index (χ0) is 31.6. The smallest absolute Gasteiger partial charge is 0.199 e. The van der Waals surface area contributed by atoms with Gasteiger partial charge in [-0.25, -0.2) is 0 Å². The van der Waals surface area contributed by atoms with E-state index in [0.717, 1.165) is 44.9 Å². The molecule has 5 aliphatic carbocycles. The van der Waals surface area contributed by atoms with Crippen LogP contribution in [0, 0.1) is 50.7 Å². The van der Waals surface area contributed by atoms with E-state index in [1.165, 1.54) is 6.42 Å². The molecule has 44 heavy (non-hydrogen) atoms. The van der Waals surface area contributed by atoms with Crippen LogP contribution < -0.4 is 0 Å². The maximum atomic E-state index is 12.7. The Balaban J connectivity index is 1.10. The van der Waals surface area contributed by atoms with E-state index in [4.69, 9.17) is 18.9 Å². The van der Waals surface area contributed by atoms with Crippen LogP contribution in [0.3, 0.4) is 0 Å². The zero-order valence-electron chi connectivity index (χ0n) is 27.7. The largest absolute Gasteiger partial charge is 0.388 e. The van der Waals surface area contributed by atoms with Gasteiger partial charge in [0.15, 0.2) is 12.1 Å². The van der Waals surface area contributed by atoms with Crippen molar-refractivity contribution in [3.63, 3.8) is 0 Å². The summed E-state index contributed by atoms with van der Waals surface area (Å²) in [6.45, 7) is 15.2. The molecule has 9 nitrogen and oxygen atoms in total. The van der Waals surface area contributed by atoms with Crippen LogP contribution in [-0.4, -0.2) is 92.5 Å². The first-order valence-electron chi connectivity index (χ1n) is 17.5. The number of aliphatic hydroxyl groups is 5.